The Morgan fingerprint density at radius 3 is 3.12 bits per heavy atom. The molecule has 90 valence electrons. The molecule has 2 aromatic rings. The van der Waals surface area contributed by atoms with Crippen molar-refractivity contribution >= 4 is 44.1 Å². The molecule has 0 amide bonds. The summed E-state index contributed by atoms with van der Waals surface area (Å²) < 4.78 is 1.19. The summed E-state index contributed by atoms with van der Waals surface area (Å²) in [7, 11) is 0. The van der Waals surface area contributed by atoms with Gasteiger partial charge in [0.15, 0.2) is 5.13 Å². The highest BCUT2D eigenvalue weighted by molar-refractivity contribution is 7.99. The number of rotatable bonds is 1. The summed E-state index contributed by atoms with van der Waals surface area (Å²) in [6.07, 6.45) is 1.25. The molecule has 3 nitrogen and oxygen atoms in total. The van der Waals surface area contributed by atoms with Crippen LogP contribution in [0.5, 0.6) is 0 Å². The van der Waals surface area contributed by atoms with Gasteiger partial charge in [0.05, 0.1) is 10.2 Å². The number of thioether (sulfide) groups is 1. The van der Waals surface area contributed by atoms with Crippen molar-refractivity contribution in [2.75, 3.05) is 35.2 Å². The zero-order chi connectivity index (χ0) is 11.7. The molecule has 0 aliphatic carbocycles. The van der Waals surface area contributed by atoms with Crippen LogP contribution in [-0.2, 0) is 0 Å². The van der Waals surface area contributed by atoms with E-state index in [9.17, 15) is 0 Å². The van der Waals surface area contributed by atoms with E-state index in [0.717, 1.165) is 29.4 Å². The van der Waals surface area contributed by atoms with Gasteiger partial charge in [-0.2, -0.15) is 11.8 Å². The first-order valence-corrected chi connectivity index (χ1v) is 7.79. The van der Waals surface area contributed by atoms with Crippen molar-refractivity contribution in [3.8, 4) is 0 Å². The van der Waals surface area contributed by atoms with Gasteiger partial charge >= 0.3 is 0 Å². The monoisotopic (exact) mass is 265 g/mol. The fourth-order valence-corrected chi connectivity index (χ4v) is 3.95. The lowest BCUT2D eigenvalue weighted by Gasteiger charge is -2.17. The van der Waals surface area contributed by atoms with E-state index in [0.29, 0.717) is 0 Å². The van der Waals surface area contributed by atoms with Crippen LogP contribution >= 0.6 is 23.1 Å². The molecule has 2 N–H and O–H groups in total. The van der Waals surface area contributed by atoms with Crippen LogP contribution < -0.4 is 10.6 Å². The molecular formula is C12H15N3S2. The third-order valence-electron chi connectivity index (χ3n) is 2.89. The smallest absolute Gasteiger partial charge is 0.186 e. The zero-order valence-electron chi connectivity index (χ0n) is 9.56. The summed E-state index contributed by atoms with van der Waals surface area (Å²) >= 11 is 3.79. The molecule has 1 aliphatic heterocycles. The van der Waals surface area contributed by atoms with Crippen LogP contribution in [0.3, 0.4) is 0 Å². The molecule has 0 unspecified atom stereocenters. The first-order valence-electron chi connectivity index (χ1n) is 5.82. The number of nitrogen functional groups attached to an aromatic ring is 1. The molecule has 3 rings (SSSR count). The second-order valence-corrected chi connectivity index (χ2v) is 6.41. The number of fused-ring (bicyclic) bond motifs is 1. The molecule has 1 aliphatic rings. The van der Waals surface area contributed by atoms with Crippen molar-refractivity contribution in [1.29, 1.82) is 0 Å². The summed E-state index contributed by atoms with van der Waals surface area (Å²) in [5, 5.41) is 1.15. The lowest BCUT2D eigenvalue weighted by atomic mass is 10.3. The Hall–Kier alpha value is -0.940. The van der Waals surface area contributed by atoms with E-state index in [4.69, 9.17) is 10.7 Å². The van der Waals surface area contributed by atoms with Gasteiger partial charge in [0.25, 0.3) is 0 Å². The first kappa shape index (κ1) is 11.2. The van der Waals surface area contributed by atoms with Crippen LogP contribution in [0.4, 0.5) is 10.8 Å². The Morgan fingerprint density at radius 2 is 2.18 bits per heavy atom. The van der Waals surface area contributed by atoms with Crippen LogP contribution in [0.15, 0.2) is 18.2 Å². The Morgan fingerprint density at radius 1 is 1.24 bits per heavy atom. The van der Waals surface area contributed by atoms with Gasteiger partial charge in [-0.1, -0.05) is 11.3 Å². The minimum absolute atomic E-state index is 0.819. The van der Waals surface area contributed by atoms with Gasteiger partial charge in [-0.3, -0.25) is 0 Å². The normalized spacial score (nSPS) is 17.3. The van der Waals surface area contributed by atoms with E-state index in [1.54, 1.807) is 11.3 Å². The number of hydrogen-bond donors (Lipinski definition) is 1. The fourth-order valence-electron chi connectivity index (χ4n) is 2.00. The average Bonchev–Trinajstić information content (AvgIpc) is 2.57. The summed E-state index contributed by atoms with van der Waals surface area (Å²) in [5.74, 6) is 2.48. The molecule has 17 heavy (non-hydrogen) atoms. The average molecular weight is 265 g/mol. The number of nitrogens with two attached hydrogens (primary N) is 1. The standard InChI is InChI=1S/C12H15N3S2/c13-9-2-3-10-11(8-9)17-12(14-10)15-4-1-6-16-7-5-15/h2-3,8H,1,4-7,13H2. The molecule has 1 fully saturated rings. The quantitative estimate of drug-likeness (QED) is 0.805. The minimum atomic E-state index is 0.819. The minimum Gasteiger partial charge on any atom is -0.399 e. The molecule has 0 atom stereocenters. The summed E-state index contributed by atoms with van der Waals surface area (Å²) in [5.41, 5.74) is 7.68. The number of benzene rings is 1. The van der Waals surface area contributed by atoms with Crippen LogP contribution in [0.25, 0.3) is 10.2 Å². The molecule has 1 aromatic heterocycles. The molecule has 1 aromatic carbocycles. The Labute approximate surface area is 109 Å². The van der Waals surface area contributed by atoms with E-state index in [2.05, 4.69) is 4.90 Å². The van der Waals surface area contributed by atoms with Gasteiger partial charge in [-0.05, 0) is 30.4 Å². The van der Waals surface area contributed by atoms with Crippen molar-refractivity contribution in [3.63, 3.8) is 0 Å². The third-order valence-corrected chi connectivity index (χ3v) is 5.02. The molecule has 0 spiro atoms. The number of aromatic nitrogens is 1. The van der Waals surface area contributed by atoms with E-state index in [-0.39, 0.29) is 0 Å². The highest BCUT2D eigenvalue weighted by Gasteiger charge is 2.14. The second kappa shape index (κ2) is 4.74. The van der Waals surface area contributed by atoms with Crippen LogP contribution in [0.2, 0.25) is 0 Å². The maximum absolute atomic E-state index is 5.80. The van der Waals surface area contributed by atoms with E-state index >= 15 is 0 Å². The van der Waals surface area contributed by atoms with Crippen molar-refractivity contribution in [3.05, 3.63) is 18.2 Å². The van der Waals surface area contributed by atoms with Crippen molar-refractivity contribution in [1.82, 2.24) is 4.98 Å². The Balaban J connectivity index is 1.93. The van der Waals surface area contributed by atoms with Crippen molar-refractivity contribution < 1.29 is 0 Å². The lowest BCUT2D eigenvalue weighted by Crippen LogP contribution is -2.25. The maximum Gasteiger partial charge on any atom is 0.186 e. The van der Waals surface area contributed by atoms with Gasteiger partial charge < -0.3 is 10.6 Å². The lowest BCUT2D eigenvalue weighted by molar-refractivity contribution is 0.813. The molecule has 5 heteroatoms. The third kappa shape index (κ3) is 2.35. The molecule has 0 radical (unpaired) electrons. The fraction of sp³-hybridized carbons (Fsp3) is 0.417. The molecule has 0 saturated carbocycles. The van der Waals surface area contributed by atoms with Crippen LogP contribution in [0.1, 0.15) is 6.42 Å². The van der Waals surface area contributed by atoms with E-state index in [1.165, 1.54) is 22.6 Å². The summed E-state index contributed by atoms with van der Waals surface area (Å²) in [6, 6.07) is 5.95. The van der Waals surface area contributed by atoms with Gasteiger partial charge in [-0.25, -0.2) is 4.98 Å². The topological polar surface area (TPSA) is 42.1 Å². The predicted octanol–water partition coefficient (Wildman–Crippen LogP) is 2.82. The number of hydrogen-bond acceptors (Lipinski definition) is 5. The number of thiazole rings is 1. The number of nitrogens with zero attached hydrogens (tertiary/aromatic N) is 2. The van der Waals surface area contributed by atoms with E-state index < -0.39 is 0 Å². The maximum atomic E-state index is 5.80. The molecule has 0 bridgehead atoms. The van der Waals surface area contributed by atoms with Gasteiger partial charge in [0, 0.05) is 24.5 Å². The first-order chi connectivity index (χ1) is 8.33. The summed E-state index contributed by atoms with van der Waals surface area (Å²) in [6.45, 7) is 2.24. The molecular weight excluding hydrogens is 250 g/mol. The van der Waals surface area contributed by atoms with Crippen molar-refractivity contribution in [2.45, 2.75) is 6.42 Å². The number of anilines is 2. The summed E-state index contributed by atoms with van der Waals surface area (Å²) in [4.78, 5) is 7.10. The highest BCUT2D eigenvalue weighted by Crippen LogP contribution is 2.31. The zero-order valence-corrected chi connectivity index (χ0v) is 11.2. The second-order valence-electron chi connectivity index (χ2n) is 4.18. The van der Waals surface area contributed by atoms with Gasteiger partial charge in [0.1, 0.15) is 0 Å². The Kier molecular flexibility index (Phi) is 3.11. The predicted molar refractivity (Wildman–Crippen MR) is 78.2 cm³/mol. The molecule has 1 saturated heterocycles. The Bertz CT molecular complexity index is 515. The van der Waals surface area contributed by atoms with Gasteiger partial charge in [0.2, 0.25) is 0 Å². The largest absolute Gasteiger partial charge is 0.399 e. The van der Waals surface area contributed by atoms with Crippen LogP contribution in [-0.4, -0.2) is 29.6 Å². The van der Waals surface area contributed by atoms with Crippen LogP contribution in [0, 0.1) is 0 Å². The molecule has 2 heterocycles. The van der Waals surface area contributed by atoms with Crippen molar-refractivity contribution in [2.24, 2.45) is 0 Å². The van der Waals surface area contributed by atoms with E-state index in [1.807, 2.05) is 30.0 Å². The highest BCUT2D eigenvalue weighted by atomic mass is 32.2. The SMILES string of the molecule is Nc1ccc2nc(N3CCCSCC3)sc2c1. The van der Waals surface area contributed by atoms with Gasteiger partial charge in [-0.15, -0.1) is 0 Å².